The zero-order valence-electron chi connectivity index (χ0n) is 24.9. The molecule has 0 bridgehead atoms. The summed E-state index contributed by atoms with van der Waals surface area (Å²) in [7, 11) is 1.80. The molecule has 2 aliphatic rings. The van der Waals surface area contributed by atoms with Crippen LogP contribution >= 0.6 is 0 Å². The number of nitrogens with two attached hydrogens (primary N) is 1. The van der Waals surface area contributed by atoms with E-state index >= 15 is 0 Å². The lowest BCUT2D eigenvalue weighted by Crippen LogP contribution is -2.67. The Hall–Kier alpha value is -3.79. The summed E-state index contributed by atoms with van der Waals surface area (Å²) in [5.41, 5.74) is 7.94. The lowest BCUT2D eigenvalue weighted by molar-refractivity contribution is -0.0462. The molecule has 4 rings (SSSR count). The highest BCUT2D eigenvalue weighted by atomic mass is 16.4. The van der Waals surface area contributed by atoms with Gasteiger partial charge in [0, 0.05) is 63.7 Å². The molecule has 2 aromatic rings. The summed E-state index contributed by atoms with van der Waals surface area (Å²) in [6.07, 6.45) is 0.677. The number of nitrogens with zero attached hydrogens (tertiary/aromatic N) is 4. The van der Waals surface area contributed by atoms with Crippen molar-refractivity contribution >= 4 is 29.4 Å². The average Bonchev–Trinajstić information content (AvgIpc) is 2.92. The molecule has 2 saturated heterocycles. The normalized spacial score (nSPS) is 20.5. The van der Waals surface area contributed by atoms with Crippen LogP contribution in [0.25, 0.3) is 0 Å². The summed E-state index contributed by atoms with van der Waals surface area (Å²) in [4.78, 5) is 44.4. The van der Waals surface area contributed by atoms with E-state index in [0.29, 0.717) is 38.3 Å². The molecule has 10 heteroatoms. The fourth-order valence-electron chi connectivity index (χ4n) is 5.84. The number of urea groups is 1. The molecule has 0 saturated carbocycles. The SMILES string of the molecule is CN(C(=O)N1CCC(Nc2ccccc2C(N)=O)CC1)c1ccc(CN2CCN(C(=O)O)[C@@](C)(C(C)(C)C)C2)cc1. The van der Waals surface area contributed by atoms with Crippen molar-refractivity contribution in [3.05, 3.63) is 59.7 Å². The molecule has 1 atom stereocenters. The van der Waals surface area contributed by atoms with Crippen LogP contribution in [0.2, 0.25) is 0 Å². The van der Waals surface area contributed by atoms with Crippen LogP contribution < -0.4 is 16.0 Å². The largest absolute Gasteiger partial charge is 0.465 e. The lowest BCUT2D eigenvalue weighted by Gasteiger charge is -2.54. The Morgan fingerprint density at radius 1 is 1.02 bits per heavy atom. The summed E-state index contributed by atoms with van der Waals surface area (Å²) < 4.78 is 0. The first-order valence-electron chi connectivity index (χ1n) is 14.3. The number of carbonyl (C=O) groups is 3. The third-order valence-corrected chi connectivity index (χ3v) is 8.95. The molecule has 0 unspecified atom stereocenters. The van der Waals surface area contributed by atoms with E-state index in [-0.39, 0.29) is 17.5 Å². The van der Waals surface area contributed by atoms with E-state index in [9.17, 15) is 19.5 Å². The van der Waals surface area contributed by atoms with Gasteiger partial charge in [-0.2, -0.15) is 0 Å². The molecule has 4 amide bonds. The standard InChI is InChI=1S/C31H44N6O4/c1-30(2,3)31(4)21-35(18-19-37(31)29(40)41)20-22-10-12-24(13-11-22)34(5)28(39)36-16-14-23(15-17-36)33-26-9-7-6-8-25(26)27(32)38/h6-13,23,33H,14-21H2,1-5H3,(H2,32,38)(H,40,41)/t31-/m1/s1. The maximum absolute atomic E-state index is 13.3. The number of piperidine rings is 1. The zero-order chi connectivity index (χ0) is 29.9. The Bertz CT molecular complexity index is 1250. The Morgan fingerprint density at radius 2 is 1.66 bits per heavy atom. The van der Waals surface area contributed by atoms with Crippen molar-refractivity contribution in [2.75, 3.05) is 50.0 Å². The van der Waals surface area contributed by atoms with Crippen molar-refractivity contribution in [2.24, 2.45) is 11.1 Å². The fourth-order valence-corrected chi connectivity index (χ4v) is 5.84. The molecular formula is C31H44N6O4. The first-order valence-corrected chi connectivity index (χ1v) is 14.3. The van der Waals surface area contributed by atoms with Crippen LogP contribution in [-0.2, 0) is 6.54 Å². The van der Waals surface area contributed by atoms with E-state index in [4.69, 9.17) is 5.73 Å². The van der Waals surface area contributed by atoms with E-state index in [1.807, 2.05) is 48.2 Å². The molecule has 0 aliphatic carbocycles. The van der Waals surface area contributed by atoms with Gasteiger partial charge in [0.25, 0.3) is 5.91 Å². The Morgan fingerprint density at radius 3 is 2.24 bits per heavy atom. The monoisotopic (exact) mass is 564 g/mol. The van der Waals surface area contributed by atoms with Crippen LogP contribution in [-0.4, -0.2) is 89.2 Å². The van der Waals surface area contributed by atoms with Gasteiger partial charge in [0.15, 0.2) is 0 Å². The number of amides is 4. The van der Waals surface area contributed by atoms with Crippen LogP contribution in [0, 0.1) is 5.41 Å². The molecule has 0 spiro atoms. The van der Waals surface area contributed by atoms with Crippen molar-refractivity contribution in [3.8, 4) is 0 Å². The molecule has 2 fully saturated rings. The van der Waals surface area contributed by atoms with Crippen molar-refractivity contribution < 1.29 is 19.5 Å². The third-order valence-electron chi connectivity index (χ3n) is 8.95. The predicted octanol–water partition coefficient (Wildman–Crippen LogP) is 4.52. The van der Waals surface area contributed by atoms with Crippen molar-refractivity contribution in [1.29, 1.82) is 0 Å². The highest BCUT2D eigenvalue weighted by molar-refractivity contribution is 5.98. The average molecular weight is 565 g/mol. The Labute approximate surface area is 243 Å². The van der Waals surface area contributed by atoms with E-state index in [1.54, 1.807) is 29.0 Å². The minimum Gasteiger partial charge on any atom is -0.465 e. The molecule has 2 heterocycles. The zero-order valence-corrected chi connectivity index (χ0v) is 24.9. The van der Waals surface area contributed by atoms with Crippen LogP contribution in [0.3, 0.4) is 0 Å². The maximum Gasteiger partial charge on any atom is 0.407 e. The van der Waals surface area contributed by atoms with Crippen molar-refractivity contribution in [2.45, 2.75) is 58.7 Å². The summed E-state index contributed by atoms with van der Waals surface area (Å²) >= 11 is 0. The molecule has 10 nitrogen and oxygen atoms in total. The molecule has 4 N–H and O–H groups in total. The fraction of sp³-hybridized carbons (Fsp3) is 0.516. The van der Waals surface area contributed by atoms with Gasteiger partial charge >= 0.3 is 12.1 Å². The summed E-state index contributed by atoms with van der Waals surface area (Å²) in [5.74, 6) is -0.461. The molecule has 0 radical (unpaired) electrons. The van der Waals surface area contributed by atoms with Gasteiger partial charge in [0.05, 0.1) is 11.1 Å². The highest BCUT2D eigenvalue weighted by Gasteiger charge is 2.48. The van der Waals surface area contributed by atoms with Gasteiger partial charge in [-0.3, -0.25) is 19.5 Å². The van der Waals surface area contributed by atoms with Crippen LogP contribution in [0.1, 0.15) is 56.5 Å². The van der Waals surface area contributed by atoms with Gasteiger partial charge in [-0.15, -0.1) is 0 Å². The second-order valence-corrected chi connectivity index (χ2v) is 12.5. The molecular weight excluding hydrogens is 520 g/mol. The summed E-state index contributed by atoms with van der Waals surface area (Å²) in [6.45, 7) is 12.1. The number of likely N-dealkylation sites (tertiary alicyclic amines) is 1. The molecule has 222 valence electrons. The highest BCUT2D eigenvalue weighted by Crippen LogP contribution is 2.38. The topological polar surface area (TPSA) is 122 Å². The number of para-hydroxylation sites is 1. The second kappa shape index (κ2) is 12.0. The van der Waals surface area contributed by atoms with E-state index < -0.39 is 17.5 Å². The Balaban J connectivity index is 1.32. The van der Waals surface area contributed by atoms with Gasteiger partial charge in [-0.05, 0) is 55.0 Å². The number of carbonyl (C=O) groups excluding carboxylic acids is 2. The number of carboxylic acid groups (broad SMARTS) is 1. The second-order valence-electron chi connectivity index (χ2n) is 12.5. The number of nitrogens with one attached hydrogen (secondary N) is 1. The number of hydrogen-bond acceptors (Lipinski definition) is 5. The molecule has 0 aromatic heterocycles. The van der Waals surface area contributed by atoms with Crippen LogP contribution in [0.4, 0.5) is 21.0 Å². The number of primary amides is 1. The van der Waals surface area contributed by atoms with Crippen molar-refractivity contribution in [3.63, 3.8) is 0 Å². The molecule has 41 heavy (non-hydrogen) atoms. The van der Waals surface area contributed by atoms with E-state index in [2.05, 4.69) is 31.0 Å². The van der Waals surface area contributed by atoms with Crippen LogP contribution in [0.5, 0.6) is 0 Å². The lowest BCUT2D eigenvalue weighted by atomic mass is 9.72. The van der Waals surface area contributed by atoms with Gasteiger partial charge in [-0.25, -0.2) is 9.59 Å². The third kappa shape index (κ3) is 6.59. The van der Waals surface area contributed by atoms with E-state index in [1.165, 1.54) is 0 Å². The quantitative estimate of drug-likeness (QED) is 0.474. The number of anilines is 2. The minimum absolute atomic E-state index is 0.0422. The van der Waals surface area contributed by atoms with Gasteiger partial charge < -0.3 is 21.1 Å². The smallest absolute Gasteiger partial charge is 0.407 e. The molecule has 2 aliphatic heterocycles. The van der Waals surface area contributed by atoms with E-state index in [0.717, 1.165) is 36.3 Å². The van der Waals surface area contributed by atoms with Crippen molar-refractivity contribution in [1.82, 2.24) is 14.7 Å². The molecule has 2 aromatic carbocycles. The van der Waals surface area contributed by atoms with Crippen LogP contribution in [0.15, 0.2) is 48.5 Å². The van der Waals surface area contributed by atoms with Gasteiger partial charge in [0.1, 0.15) is 0 Å². The first-order chi connectivity index (χ1) is 19.3. The van der Waals surface area contributed by atoms with Gasteiger partial charge in [-0.1, -0.05) is 45.0 Å². The summed E-state index contributed by atoms with van der Waals surface area (Å²) in [5, 5.41) is 13.2. The Kier molecular flexibility index (Phi) is 8.82. The van der Waals surface area contributed by atoms with Gasteiger partial charge in [0.2, 0.25) is 0 Å². The number of piperazine rings is 1. The number of hydrogen-bond donors (Lipinski definition) is 3. The first kappa shape index (κ1) is 30.2. The predicted molar refractivity (Wildman–Crippen MR) is 161 cm³/mol. The number of rotatable bonds is 6. The summed E-state index contributed by atoms with van der Waals surface area (Å²) in [6, 6.07) is 15.4. The number of benzene rings is 2. The minimum atomic E-state index is -0.868. The maximum atomic E-state index is 13.3.